The molecule has 60 heavy (non-hydrogen) atoms. The van der Waals surface area contributed by atoms with Gasteiger partial charge in [-0.3, -0.25) is 0 Å². The highest BCUT2D eigenvalue weighted by molar-refractivity contribution is 5.95. The van der Waals surface area contributed by atoms with Crippen LogP contribution < -0.4 is 4.90 Å². The van der Waals surface area contributed by atoms with E-state index in [0.29, 0.717) is 0 Å². The van der Waals surface area contributed by atoms with Crippen LogP contribution in [0.4, 0.5) is 17.1 Å². The van der Waals surface area contributed by atoms with Crippen molar-refractivity contribution in [2.45, 2.75) is 5.41 Å². The molecule has 0 saturated heterocycles. The summed E-state index contributed by atoms with van der Waals surface area (Å²) >= 11 is 0. The predicted molar refractivity (Wildman–Crippen MR) is 250 cm³/mol. The number of pyridine rings is 1. The van der Waals surface area contributed by atoms with E-state index in [1.165, 1.54) is 44.5 Å². The van der Waals surface area contributed by atoms with Crippen molar-refractivity contribution >= 4 is 28.0 Å². The van der Waals surface area contributed by atoms with Crippen LogP contribution in [0.25, 0.3) is 55.5 Å². The van der Waals surface area contributed by atoms with Crippen molar-refractivity contribution < 1.29 is 0 Å². The Bertz CT molecular complexity index is 3070. The average Bonchev–Trinajstić information content (AvgIpc) is 3.62. The quantitative estimate of drug-likeness (QED) is 0.153. The van der Waals surface area contributed by atoms with Crippen LogP contribution in [0.5, 0.6) is 0 Å². The summed E-state index contributed by atoms with van der Waals surface area (Å²) < 4.78 is 0. The number of para-hydroxylation sites is 2. The van der Waals surface area contributed by atoms with Gasteiger partial charge in [-0.2, -0.15) is 0 Å². The molecule has 1 aliphatic carbocycles. The summed E-state index contributed by atoms with van der Waals surface area (Å²) in [7, 11) is 0. The first-order valence-electron chi connectivity index (χ1n) is 20.6. The summed E-state index contributed by atoms with van der Waals surface area (Å²) in [5, 5.41) is 1.13. The monoisotopic (exact) mass is 764 g/mol. The smallest absolute Gasteiger partial charge is 0.0788 e. The van der Waals surface area contributed by atoms with Gasteiger partial charge >= 0.3 is 0 Å². The Balaban J connectivity index is 1.15. The van der Waals surface area contributed by atoms with Crippen molar-refractivity contribution in [2.24, 2.45) is 0 Å². The molecule has 0 saturated carbocycles. The van der Waals surface area contributed by atoms with E-state index in [9.17, 15) is 0 Å². The Morgan fingerprint density at radius 1 is 0.317 bits per heavy atom. The predicted octanol–water partition coefficient (Wildman–Crippen LogP) is 15.1. The fourth-order valence-electron chi connectivity index (χ4n) is 9.39. The third-order valence-electron chi connectivity index (χ3n) is 12.1. The van der Waals surface area contributed by atoms with Gasteiger partial charge in [-0.05, 0) is 105 Å². The van der Waals surface area contributed by atoms with Crippen LogP contribution in [0, 0.1) is 0 Å². The zero-order valence-electron chi connectivity index (χ0n) is 33.0. The minimum absolute atomic E-state index is 0.623. The largest absolute Gasteiger partial charge is 0.310 e. The second-order valence-corrected chi connectivity index (χ2v) is 15.5. The molecule has 0 amide bonds. The Morgan fingerprint density at radius 3 is 1.43 bits per heavy atom. The van der Waals surface area contributed by atoms with Gasteiger partial charge in [-0.1, -0.05) is 188 Å². The van der Waals surface area contributed by atoms with Crippen LogP contribution in [-0.4, -0.2) is 4.98 Å². The standard InChI is InChI=1S/C58H40N2/c1-6-18-41(19-7-1)42-30-33-49(34-31-42)60(48-27-14-5-15-28-48)50-35-37-52-51-36-32-45(57-53(43-20-8-2-9-21-43)38-44-22-16-17-29-56(44)59-57)39-54(51)58(55(52)40-50,46-23-10-3-11-24-46)47-25-12-4-13-26-47/h1-40H. The van der Waals surface area contributed by atoms with Crippen LogP contribution in [0.15, 0.2) is 243 Å². The number of hydrogen-bond donors (Lipinski definition) is 0. The number of nitrogens with zero attached hydrogens (tertiary/aromatic N) is 2. The summed E-state index contributed by atoms with van der Waals surface area (Å²) in [4.78, 5) is 7.80. The molecule has 0 fully saturated rings. The van der Waals surface area contributed by atoms with Gasteiger partial charge in [-0.25, -0.2) is 4.98 Å². The first-order valence-corrected chi connectivity index (χ1v) is 20.6. The highest BCUT2D eigenvalue weighted by atomic mass is 15.1. The van der Waals surface area contributed by atoms with Crippen molar-refractivity contribution in [1.29, 1.82) is 0 Å². The molecule has 9 aromatic carbocycles. The molecule has 0 N–H and O–H groups in total. The second-order valence-electron chi connectivity index (χ2n) is 15.5. The van der Waals surface area contributed by atoms with Gasteiger partial charge in [0.15, 0.2) is 0 Å². The molecular weight excluding hydrogens is 725 g/mol. The van der Waals surface area contributed by atoms with Crippen molar-refractivity contribution in [2.75, 3.05) is 4.90 Å². The topological polar surface area (TPSA) is 16.1 Å². The molecule has 1 aromatic heterocycles. The normalized spacial score (nSPS) is 12.5. The number of anilines is 3. The summed E-state index contributed by atoms with van der Waals surface area (Å²) in [6.07, 6.45) is 0. The maximum atomic E-state index is 5.41. The first kappa shape index (κ1) is 35.4. The maximum Gasteiger partial charge on any atom is 0.0788 e. The minimum atomic E-state index is -0.623. The summed E-state index contributed by atoms with van der Waals surface area (Å²) in [5.74, 6) is 0. The van der Waals surface area contributed by atoms with Crippen molar-refractivity contribution in [3.63, 3.8) is 0 Å². The maximum absolute atomic E-state index is 5.41. The molecule has 0 unspecified atom stereocenters. The molecule has 0 aliphatic heterocycles. The lowest BCUT2D eigenvalue weighted by molar-refractivity contribution is 0.768. The second kappa shape index (κ2) is 14.8. The highest BCUT2D eigenvalue weighted by Gasteiger charge is 2.46. The zero-order valence-corrected chi connectivity index (χ0v) is 33.0. The van der Waals surface area contributed by atoms with Crippen molar-refractivity contribution in [3.8, 4) is 44.6 Å². The summed E-state index contributed by atoms with van der Waals surface area (Å²) in [5.41, 5.74) is 17.8. The molecule has 0 bridgehead atoms. The Hall–Kier alpha value is -7.81. The van der Waals surface area contributed by atoms with Crippen molar-refractivity contribution in [1.82, 2.24) is 4.98 Å². The van der Waals surface area contributed by atoms with Gasteiger partial charge in [0, 0.05) is 33.6 Å². The number of aromatic nitrogens is 1. The fourth-order valence-corrected chi connectivity index (χ4v) is 9.39. The van der Waals surface area contributed by atoms with Crippen LogP contribution in [0.2, 0.25) is 0 Å². The van der Waals surface area contributed by atoms with E-state index in [1.807, 2.05) is 0 Å². The highest BCUT2D eigenvalue weighted by Crippen LogP contribution is 2.58. The molecule has 0 atom stereocenters. The molecule has 11 rings (SSSR count). The van der Waals surface area contributed by atoms with Gasteiger partial charge in [-0.15, -0.1) is 0 Å². The minimum Gasteiger partial charge on any atom is -0.310 e. The third-order valence-corrected chi connectivity index (χ3v) is 12.1. The van der Waals surface area contributed by atoms with E-state index in [0.717, 1.165) is 50.3 Å². The van der Waals surface area contributed by atoms with E-state index in [-0.39, 0.29) is 0 Å². The molecule has 2 nitrogen and oxygen atoms in total. The third kappa shape index (κ3) is 5.92. The summed E-state index contributed by atoms with van der Waals surface area (Å²) in [6, 6.07) is 87.9. The van der Waals surface area contributed by atoms with E-state index in [2.05, 4.69) is 248 Å². The molecule has 282 valence electrons. The lowest BCUT2D eigenvalue weighted by Gasteiger charge is -2.35. The number of hydrogen-bond acceptors (Lipinski definition) is 2. The Morgan fingerprint density at radius 2 is 0.783 bits per heavy atom. The Labute approximate surface area is 351 Å². The lowest BCUT2D eigenvalue weighted by Crippen LogP contribution is -2.28. The van der Waals surface area contributed by atoms with Gasteiger partial charge in [0.05, 0.1) is 16.6 Å². The van der Waals surface area contributed by atoms with E-state index in [4.69, 9.17) is 4.98 Å². The molecule has 2 heteroatoms. The van der Waals surface area contributed by atoms with E-state index < -0.39 is 5.41 Å². The van der Waals surface area contributed by atoms with Crippen LogP contribution in [-0.2, 0) is 5.41 Å². The Kier molecular flexibility index (Phi) is 8.75. The van der Waals surface area contributed by atoms with E-state index >= 15 is 0 Å². The SMILES string of the molecule is c1ccc(-c2ccc(N(c3ccccc3)c3ccc4c(c3)C(c3ccccc3)(c3ccccc3)c3cc(-c5nc6ccccc6cc5-c5ccccc5)ccc3-4)cc2)cc1. The lowest BCUT2D eigenvalue weighted by atomic mass is 9.67. The van der Waals surface area contributed by atoms with Crippen LogP contribution in [0.1, 0.15) is 22.3 Å². The molecule has 10 aromatic rings. The molecule has 0 radical (unpaired) electrons. The fraction of sp³-hybridized carbons (Fsp3) is 0.0172. The average molecular weight is 765 g/mol. The first-order chi connectivity index (χ1) is 29.8. The van der Waals surface area contributed by atoms with Gasteiger partial charge in [0.2, 0.25) is 0 Å². The molecule has 0 spiro atoms. The van der Waals surface area contributed by atoms with Crippen LogP contribution >= 0.6 is 0 Å². The van der Waals surface area contributed by atoms with Crippen molar-refractivity contribution in [3.05, 3.63) is 265 Å². The number of rotatable bonds is 8. The van der Waals surface area contributed by atoms with Gasteiger partial charge < -0.3 is 4.90 Å². The number of benzene rings is 9. The van der Waals surface area contributed by atoms with Crippen LogP contribution in [0.3, 0.4) is 0 Å². The molecule has 1 aliphatic rings. The number of fused-ring (bicyclic) bond motifs is 4. The van der Waals surface area contributed by atoms with Gasteiger partial charge in [0.25, 0.3) is 0 Å². The molecular formula is C58H40N2. The summed E-state index contributed by atoms with van der Waals surface area (Å²) in [6.45, 7) is 0. The zero-order chi connectivity index (χ0) is 39.9. The molecule has 1 heterocycles. The van der Waals surface area contributed by atoms with Gasteiger partial charge in [0.1, 0.15) is 0 Å². The van der Waals surface area contributed by atoms with E-state index in [1.54, 1.807) is 0 Å².